The smallest absolute Gasteiger partial charge is 0.325 e. The number of urea groups is 1. The zero-order chi connectivity index (χ0) is 22.9. The zero-order valence-electron chi connectivity index (χ0n) is 17.3. The molecule has 1 heterocycles. The number of sulfonamides is 1. The van der Waals surface area contributed by atoms with Crippen molar-refractivity contribution in [3.8, 4) is 0 Å². The molecular formula is C22H24N4O5S. The third kappa shape index (κ3) is 4.37. The van der Waals surface area contributed by atoms with E-state index in [9.17, 15) is 22.8 Å². The molecule has 0 bridgehead atoms. The van der Waals surface area contributed by atoms with Gasteiger partial charge in [0.05, 0.1) is 5.75 Å². The predicted molar refractivity (Wildman–Crippen MR) is 116 cm³/mol. The molecular weight excluding hydrogens is 432 g/mol. The molecule has 2 aromatic rings. The molecule has 32 heavy (non-hydrogen) atoms. The van der Waals surface area contributed by atoms with Crippen molar-refractivity contribution in [2.75, 3.05) is 6.54 Å². The number of nitrogens with zero attached hydrogens (tertiary/aromatic N) is 1. The molecule has 168 valence electrons. The first-order valence-corrected chi connectivity index (χ1v) is 12.0. The average Bonchev–Trinajstić information content (AvgIpc) is 2.97. The summed E-state index contributed by atoms with van der Waals surface area (Å²) in [4.78, 5) is 39.2. The fourth-order valence-electron chi connectivity index (χ4n) is 4.34. The number of amides is 4. The number of nitrogens with one attached hydrogen (secondary N) is 2. The summed E-state index contributed by atoms with van der Waals surface area (Å²) in [5.74, 6) is -1.14. The summed E-state index contributed by atoms with van der Waals surface area (Å²) in [7, 11) is -3.62. The Labute approximate surface area is 186 Å². The van der Waals surface area contributed by atoms with Crippen LogP contribution in [0.25, 0.3) is 0 Å². The average molecular weight is 457 g/mol. The van der Waals surface area contributed by atoms with Crippen molar-refractivity contribution in [1.82, 2.24) is 15.5 Å². The highest BCUT2D eigenvalue weighted by atomic mass is 32.2. The van der Waals surface area contributed by atoms with E-state index in [1.54, 1.807) is 24.3 Å². The molecule has 0 radical (unpaired) electrons. The fraction of sp³-hybridized carbons (Fsp3) is 0.318. The first-order valence-electron chi connectivity index (χ1n) is 10.3. The highest BCUT2D eigenvalue weighted by Crippen LogP contribution is 2.39. The lowest BCUT2D eigenvalue weighted by Crippen LogP contribution is -2.47. The Bertz CT molecular complexity index is 1180. The molecule has 1 aliphatic carbocycles. The third-order valence-corrected chi connectivity index (χ3v) is 6.57. The molecule has 4 rings (SSSR count). The second-order valence-electron chi connectivity index (χ2n) is 8.14. The molecule has 1 aliphatic heterocycles. The summed E-state index contributed by atoms with van der Waals surface area (Å²) < 4.78 is 22.3. The van der Waals surface area contributed by atoms with E-state index in [0.29, 0.717) is 12.0 Å². The second kappa shape index (κ2) is 8.36. The fourth-order valence-corrected chi connectivity index (χ4v) is 5.00. The van der Waals surface area contributed by atoms with E-state index in [2.05, 4.69) is 10.6 Å². The van der Waals surface area contributed by atoms with Crippen molar-refractivity contribution < 1.29 is 22.8 Å². The molecule has 2 aliphatic rings. The topological polar surface area (TPSA) is 139 Å². The molecule has 1 spiro atoms. The number of aryl methyl sites for hydroxylation is 1. The summed E-state index contributed by atoms with van der Waals surface area (Å²) in [6.45, 7) is -0.204. The molecule has 0 unspecified atom stereocenters. The van der Waals surface area contributed by atoms with Gasteiger partial charge in [-0.05, 0) is 41.5 Å². The molecule has 0 saturated carbocycles. The lowest BCUT2D eigenvalue weighted by atomic mass is 9.76. The normalized spacial score (nSPS) is 20.2. The van der Waals surface area contributed by atoms with Crippen LogP contribution in [0.15, 0.2) is 48.5 Å². The largest absolute Gasteiger partial charge is 0.350 e. The maximum atomic E-state index is 13.2. The number of primary sulfonamides is 1. The Morgan fingerprint density at radius 3 is 2.50 bits per heavy atom. The van der Waals surface area contributed by atoms with Gasteiger partial charge in [0.25, 0.3) is 5.91 Å². The van der Waals surface area contributed by atoms with Gasteiger partial charge in [-0.25, -0.2) is 18.4 Å². The molecule has 1 fully saturated rings. The van der Waals surface area contributed by atoms with E-state index < -0.39 is 33.4 Å². The molecule has 9 nitrogen and oxygen atoms in total. The van der Waals surface area contributed by atoms with Gasteiger partial charge in [0.1, 0.15) is 12.1 Å². The monoisotopic (exact) mass is 456 g/mol. The quantitative estimate of drug-likeness (QED) is 0.554. The summed E-state index contributed by atoms with van der Waals surface area (Å²) in [5.41, 5.74) is 2.01. The highest BCUT2D eigenvalue weighted by Gasteiger charge is 2.54. The van der Waals surface area contributed by atoms with Crippen LogP contribution in [0.5, 0.6) is 0 Å². The van der Waals surface area contributed by atoms with Crippen LogP contribution < -0.4 is 15.8 Å². The summed E-state index contributed by atoms with van der Waals surface area (Å²) in [5, 5.41) is 10.5. The van der Waals surface area contributed by atoms with Gasteiger partial charge in [-0.15, -0.1) is 0 Å². The standard InChI is InChI=1S/C22H24N4O5S/c23-32(30,31)14-16-9-7-15(8-10-16)12-24-19(27)13-26-20(28)22(25-21(26)29)11-3-5-17-4-1-2-6-18(17)22/h1-2,4,6-10H,3,5,11-14H2,(H,24,27)(H,25,29)(H2,23,30,31)/t22-/m0/s1. The van der Waals surface area contributed by atoms with Crippen molar-refractivity contribution in [2.24, 2.45) is 5.14 Å². The molecule has 1 saturated heterocycles. The van der Waals surface area contributed by atoms with E-state index >= 15 is 0 Å². The van der Waals surface area contributed by atoms with Crippen LogP contribution in [0.3, 0.4) is 0 Å². The van der Waals surface area contributed by atoms with Crippen LogP contribution in [0, 0.1) is 0 Å². The van der Waals surface area contributed by atoms with Gasteiger partial charge in [-0.1, -0.05) is 48.5 Å². The highest BCUT2D eigenvalue weighted by molar-refractivity contribution is 7.88. The SMILES string of the molecule is NS(=O)(=O)Cc1ccc(CNC(=O)CN2C(=O)N[C@]3(CCCc4ccccc43)C2=O)cc1. The minimum Gasteiger partial charge on any atom is -0.350 e. The lowest BCUT2D eigenvalue weighted by molar-refractivity contribution is -0.135. The Morgan fingerprint density at radius 2 is 1.78 bits per heavy atom. The van der Waals surface area contributed by atoms with E-state index in [-0.39, 0.29) is 18.8 Å². The van der Waals surface area contributed by atoms with Crippen molar-refractivity contribution in [3.05, 3.63) is 70.8 Å². The zero-order valence-corrected chi connectivity index (χ0v) is 18.2. The minimum absolute atomic E-state index is 0.173. The van der Waals surface area contributed by atoms with Gasteiger partial charge >= 0.3 is 6.03 Å². The van der Waals surface area contributed by atoms with E-state index in [1.165, 1.54) is 0 Å². The van der Waals surface area contributed by atoms with Crippen LogP contribution in [0.2, 0.25) is 0 Å². The molecule has 4 amide bonds. The molecule has 0 aromatic heterocycles. The number of hydrogen-bond donors (Lipinski definition) is 3. The van der Waals surface area contributed by atoms with Crippen LogP contribution in [-0.2, 0) is 43.9 Å². The molecule has 10 heteroatoms. The molecule has 1 atom stereocenters. The van der Waals surface area contributed by atoms with Gasteiger partial charge in [0.2, 0.25) is 15.9 Å². The Balaban J connectivity index is 1.39. The van der Waals surface area contributed by atoms with Crippen molar-refractivity contribution in [2.45, 2.75) is 37.1 Å². The van der Waals surface area contributed by atoms with Crippen molar-refractivity contribution in [1.29, 1.82) is 0 Å². The van der Waals surface area contributed by atoms with Gasteiger partial charge in [0.15, 0.2) is 0 Å². The predicted octanol–water partition coefficient (Wildman–Crippen LogP) is 0.875. The Hall–Kier alpha value is -3.24. The molecule has 2 aromatic carbocycles. The van der Waals surface area contributed by atoms with Gasteiger partial charge < -0.3 is 10.6 Å². The van der Waals surface area contributed by atoms with Crippen molar-refractivity contribution in [3.63, 3.8) is 0 Å². The maximum Gasteiger partial charge on any atom is 0.325 e. The van der Waals surface area contributed by atoms with Gasteiger partial charge in [0, 0.05) is 6.54 Å². The number of hydrogen-bond acceptors (Lipinski definition) is 5. The number of carbonyl (C=O) groups excluding carboxylic acids is 3. The minimum atomic E-state index is -3.62. The van der Waals surface area contributed by atoms with Crippen LogP contribution in [0.4, 0.5) is 4.79 Å². The van der Waals surface area contributed by atoms with Crippen molar-refractivity contribution >= 4 is 27.9 Å². The number of nitrogens with two attached hydrogens (primary N) is 1. The van der Waals surface area contributed by atoms with E-state index in [4.69, 9.17) is 5.14 Å². The van der Waals surface area contributed by atoms with Gasteiger partial charge in [-0.2, -0.15) is 0 Å². The van der Waals surface area contributed by atoms with Crippen LogP contribution in [-0.4, -0.2) is 37.7 Å². The Kier molecular flexibility index (Phi) is 5.74. The molecule has 4 N–H and O–H groups in total. The van der Waals surface area contributed by atoms with E-state index in [1.807, 2.05) is 24.3 Å². The first-order chi connectivity index (χ1) is 15.2. The first kappa shape index (κ1) is 22.0. The van der Waals surface area contributed by atoms with Gasteiger partial charge in [-0.3, -0.25) is 14.5 Å². The summed E-state index contributed by atoms with van der Waals surface area (Å²) in [6, 6.07) is 13.6. The van der Waals surface area contributed by atoms with Crippen LogP contribution >= 0.6 is 0 Å². The number of carbonyl (C=O) groups is 3. The third-order valence-electron chi connectivity index (χ3n) is 5.83. The maximum absolute atomic E-state index is 13.2. The second-order valence-corrected chi connectivity index (χ2v) is 9.75. The lowest BCUT2D eigenvalue weighted by Gasteiger charge is -2.33. The number of fused-ring (bicyclic) bond motifs is 2. The summed E-state index contributed by atoms with van der Waals surface area (Å²) in [6.07, 6.45) is 2.11. The van der Waals surface area contributed by atoms with Crippen LogP contribution in [0.1, 0.15) is 35.1 Å². The Morgan fingerprint density at radius 1 is 1.09 bits per heavy atom. The van der Waals surface area contributed by atoms with E-state index in [0.717, 1.165) is 34.4 Å². The number of benzene rings is 2. The number of rotatable bonds is 6. The number of imide groups is 1. The summed E-state index contributed by atoms with van der Waals surface area (Å²) >= 11 is 0.